The molecule has 0 aromatic heterocycles. The Hall–Kier alpha value is -13.5. The van der Waals surface area contributed by atoms with E-state index in [4.69, 9.17) is 42.0 Å². The van der Waals surface area contributed by atoms with Gasteiger partial charge in [0.05, 0.1) is 16.5 Å². The second-order valence-corrected chi connectivity index (χ2v) is 26.7. The summed E-state index contributed by atoms with van der Waals surface area (Å²) in [5.74, 6) is -2.95. The number of ether oxygens (including phenoxy) is 5. The van der Waals surface area contributed by atoms with E-state index in [1.165, 1.54) is 48.5 Å². The average molecular weight is 1570 g/mol. The maximum absolute atomic E-state index is 13.6. The molecule has 0 heterocycles. The van der Waals surface area contributed by atoms with E-state index in [0.717, 1.165) is 44.5 Å². The molecule has 2 aliphatic rings. The van der Waals surface area contributed by atoms with E-state index in [9.17, 15) is 73.3 Å². The van der Waals surface area contributed by atoms with Gasteiger partial charge in [-0.2, -0.15) is 0 Å². The van der Waals surface area contributed by atoms with Crippen molar-refractivity contribution in [3.05, 3.63) is 248 Å². The van der Waals surface area contributed by atoms with Gasteiger partial charge >= 0.3 is 35.8 Å². The zero-order chi connectivity index (χ0) is 81.7. The third kappa shape index (κ3) is 25.5. The molecule has 0 radical (unpaired) electrons. The number of nitrogens with zero attached hydrogens (tertiary/aromatic N) is 2. The van der Waals surface area contributed by atoms with Crippen LogP contribution in [0.5, 0.6) is 11.5 Å². The van der Waals surface area contributed by atoms with Crippen molar-refractivity contribution in [3.8, 4) is 33.8 Å². The lowest BCUT2D eigenvalue weighted by atomic mass is 9.98. The van der Waals surface area contributed by atoms with Crippen molar-refractivity contribution >= 4 is 93.8 Å². The first-order chi connectivity index (χ1) is 54.2. The monoisotopic (exact) mass is 1570 g/mol. The van der Waals surface area contributed by atoms with Crippen molar-refractivity contribution in [1.82, 2.24) is 31.9 Å². The van der Waals surface area contributed by atoms with Gasteiger partial charge in [0.2, 0.25) is 23.6 Å². The second-order valence-electron chi connectivity index (χ2n) is 26.4. The number of alkyl carbamates (subject to hydrolysis) is 2. The lowest BCUT2D eigenvalue weighted by Crippen LogP contribution is -2.54. The maximum Gasteiger partial charge on any atom is 0.514 e. The number of benzene rings is 8. The molecule has 592 valence electrons. The number of primary amides is 2. The van der Waals surface area contributed by atoms with Crippen LogP contribution in [0.4, 0.5) is 51.5 Å². The normalized spacial score (nSPS) is 12.5. The molecule has 0 saturated carbocycles. The quantitative estimate of drug-likeness (QED) is 0.00366. The fourth-order valence-electron chi connectivity index (χ4n) is 12.2. The lowest BCUT2D eigenvalue weighted by molar-refractivity contribution is -0.385. The summed E-state index contributed by atoms with van der Waals surface area (Å²) >= 11 is 4.92. The average Bonchev–Trinajstić information content (AvgIpc) is 1.62. The first kappa shape index (κ1) is 85.1. The van der Waals surface area contributed by atoms with E-state index in [1.807, 2.05) is 97.1 Å². The maximum atomic E-state index is 13.6. The Morgan fingerprint density at radius 1 is 0.451 bits per heavy atom. The Labute approximate surface area is 653 Å². The van der Waals surface area contributed by atoms with E-state index in [2.05, 4.69) is 47.3 Å². The molecule has 8 aromatic carbocycles. The summed E-state index contributed by atoms with van der Waals surface area (Å²) in [7, 11) is 0. The second kappa shape index (κ2) is 41.9. The Bertz CT molecular complexity index is 4600. The van der Waals surface area contributed by atoms with Gasteiger partial charge in [-0.05, 0) is 142 Å². The number of nitro groups is 2. The number of carbonyl (C=O) groups is 10. The third-order valence-electron chi connectivity index (χ3n) is 17.8. The third-order valence-corrected chi connectivity index (χ3v) is 17.9. The summed E-state index contributed by atoms with van der Waals surface area (Å²) in [5.41, 5.74) is 19.8. The topological polar surface area (TPSA) is 472 Å². The standard InChI is InChI=1S/C40H42N6O10.C33H39N5O6.C7H4ClNO4/c1-24(2)35(45-39(50)54-23-33-31-10-5-3-8-29(31)30-9-4-6-11-32(30)33)37(48)44-34(12-7-21-42-38(41)49)36(47)43-26-15-13-25(14-16-26)22-55-40(51)56-28-19-17-27(18-20-28)46(52)53;1-20(2)29(38-33(43)44-19-27-25-10-5-3-8-23(25)24-9-4-6-11-26(24)27)31(41)37-28(12-7-17-35-32(34)42)30(40)36-22-15-13-21(18-39)14-16-22;8-7(10)13-6-3-1-5(2-4-6)9(11)12/h3-6,8-11,13-20,24,33-35H,7,12,21-23H2,1-2H3,(H,43,47)(H,44,48)(H,45,50)(H3,41,42,49);3-6,8-11,13-16,20,27-29,39H,7,12,17-19H2,1-2H3,(H,36,40)(H,37,41)(H,38,43)(H3,34,35,42);1-4H/t34-,35-;28-,29-;/m00./s1. The Morgan fingerprint density at radius 2 is 0.796 bits per heavy atom. The summed E-state index contributed by atoms with van der Waals surface area (Å²) in [6.45, 7) is 7.28. The zero-order valence-electron chi connectivity index (χ0n) is 61.8. The van der Waals surface area contributed by atoms with Crippen LogP contribution in [0.15, 0.2) is 194 Å². The van der Waals surface area contributed by atoms with Crippen LogP contribution in [-0.2, 0) is 46.6 Å². The highest BCUT2D eigenvalue weighted by molar-refractivity contribution is 6.61. The van der Waals surface area contributed by atoms with Crippen LogP contribution >= 0.6 is 11.6 Å². The zero-order valence-corrected chi connectivity index (χ0v) is 62.6. The molecule has 0 fully saturated rings. The summed E-state index contributed by atoms with van der Waals surface area (Å²) < 4.78 is 25.9. The van der Waals surface area contributed by atoms with E-state index in [-0.39, 0.29) is 98.9 Å². The number of anilines is 2. The van der Waals surface area contributed by atoms with Gasteiger partial charge in [0, 0.05) is 72.2 Å². The lowest BCUT2D eigenvalue weighted by Gasteiger charge is -2.25. The number of aliphatic hydroxyl groups excluding tert-OH is 1. The fraction of sp³-hybridized carbons (Fsp3) is 0.275. The van der Waals surface area contributed by atoms with Crippen LogP contribution in [-0.4, -0.2) is 125 Å². The number of nitrogens with two attached hydrogens (primary N) is 2. The molecule has 8 aromatic rings. The highest BCUT2D eigenvalue weighted by Gasteiger charge is 2.35. The van der Waals surface area contributed by atoms with Crippen LogP contribution in [0, 0.1) is 32.1 Å². The van der Waals surface area contributed by atoms with Gasteiger partial charge in [0.1, 0.15) is 55.5 Å². The van der Waals surface area contributed by atoms with Crippen LogP contribution in [0.1, 0.15) is 98.6 Å². The molecule has 0 aliphatic heterocycles. The smallest absolute Gasteiger partial charge is 0.449 e. The van der Waals surface area contributed by atoms with Crippen LogP contribution in [0.2, 0.25) is 0 Å². The Kier molecular flexibility index (Phi) is 31.6. The minimum atomic E-state index is -1.07. The molecule has 4 atom stereocenters. The van der Waals surface area contributed by atoms with Crippen molar-refractivity contribution in [2.24, 2.45) is 23.3 Å². The number of hydrogen-bond acceptors (Lipinski definition) is 20. The van der Waals surface area contributed by atoms with E-state index < -0.39 is 93.5 Å². The van der Waals surface area contributed by atoms with Gasteiger partial charge in [0.25, 0.3) is 11.4 Å². The van der Waals surface area contributed by atoms with Crippen molar-refractivity contribution in [1.29, 1.82) is 0 Å². The number of urea groups is 2. The van der Waals surface area contributed by atoms with Crippen LogP contribution in [0.3, 0.4) is 0 Å². The molecule has 13 N–H and O–H groups in total. The minimum Gasteiger partial charge on any atom is -0.449 e. The first-order valence-corrected chi connectivity index (χ1v) is 36.1. The van der Waals surface area contributed by atoms with Crippen LogP contribution < -0.4 is 63.5 Å². The number of non-ortho nitro benzene ring substituents is 2. The van der Waals surface area contributed by atoms with Crippen molar-refractivity contribution in [3.63, 3.8) is 0 Å². The van der Waals surface area contributed by atoms with Crippen molar-refractivity contribution < 1.29 is 86.6 Å². The van der Waals surface area contributed by atoms with Gasteiger partial charge in [-0.25, -0.2) is 28.8 Å². The largest absolute Gasteiger partial charge is 0.514 e. The molecule has 0 bridgehead atoms. The molecule has 10 amide bonds. The molecule has 2 aliphatic carbocycles. The highest BCUT2D eigenvalue weighted by Crippen LogP contribution is 2.46. The van der Waals surface area contributed by atoms with Crippen LogP contribution in [0.25, 0.3) is 22.3 Å². The molecule has 32 nitrogen and oxygen atoms in total. The van der Waals surface area contributed by atoms with E-state index in [0.29, 0.717) is 35.3 Å². The number of nitro benzene ring substituents is 2. The molecule has 33 heteroatoms. The Balaban J connectivity index is 0.000000249. The highest BCUT2D eigenvalue weighted by atomic mass is 35.5. The number of fused-ring (bicyclic) bond motifs is 6. The SMILES string of the molecule is CC(C)[C@H](NC(=O)OCC1c2ccccc2-c2ccccc21)C(=O)N[C@@H](CCCNC(N)=O)C(=O)Nc1ccc(CO)cc1.CC(C)[C@H](NC(=O)OCC1c2ccccc2-c2ccccc21)C(=O)N[C@@H](CCCNC(N)=O)C(=O)Nc1ccc(COC(=O)Oc2ccc([N+](=O)[O-])cc2)cc1.O=C(Cl)Oc1ccc([N+](=O)[O-])cc1. The van der Waals surface area contributed by atoms with Gasteiger partial charge in [-0.3, -0.25) is 39.4 Å². The predicted octanol–water partition coefficient (Wildman–Crippen LogP) is 11.7. The van der Waals surface area contributed by atoms with E-state index in [1.54, 1.807) is 76.2 Å². The molecular weight excluding hydrogens is 1480 g/mol. The number of halogens is 1. The molecule has 10 rings (SSSR count). The molecular formula is C80H85ClN12O20. The van der Waals surface area contributed by atoms with Gasteiger partial charge in [-0.1, -0.05) is 149 Å². The minimum absolute atomic E-state index is 0.0569. The fourth-order valence-corrected chi connectivity index (χ4v) is 12.3. The van der Waals surface area contributed by atoms with Gasteiger partial charge in [-0.15, -0.1) is 0 Å². The molecule has 0 spiro atoms. The predicted molar refractivity (Wildman–Crippen MR) is 416 cm³/mol. The number of nitrogens with one attached hydrogen (secondary N) is 8. The van der Waals surface area contributed by atoms with Crippen molar-refractivity contribution in [2.75, 3.05) is 36.9 Å². The summed E-state index contributed by atoms with van der Waals surface area (Å²) in [6.07, 6.45) is -1.57. The number of carbonyl (C=O) groups excluding carboxylic acids is 10. The van der Waals surface area contributed by atoms with Gasteiger partial charge < -0.3 is 82.8 Å². The molecule has 113 heavy (non-hydrogen) atoms. The van der Waals surface area contributed by atoms with Crippen molar-refractivity contribution in [2.45, 2.75) is 103 Å². The summed E-state index contributed by atoms with van der Waals surface area (Å²) in [6, 6.07) is 49.3. The molecule has 0 saturated heterocycles. The number of rotatable bonds is 31. The Morgan fingerprint density at radius 3 is 1.12 bits per heavy atom. The molecule has 0 unspecified atom stereocenters. The summed E-state index contributed by atoms with van der Waals surface area (Å²) in [5, 5.41) is 51.6. The number of amides is 10. The number of hydrogen-bond donors (Lipinski definition) is 11. The first-order valence-electron chi connectivity index (χ1n) is 35.7. The van der Waals surface area contributed by atoms with Gasteiger partial charge in [0.15, 0.2) is 0 Å². The van der Waals surface area contributed by atoms with E-state index >= 15 is 0 Å². The number of aliphatic hydroxyl groups is 1. The summed E-state index contributed by atoms with van der Waals surface area (Å²) in [4.78, 5) is 144.